The van der Waals surface area contributed by atoms with E-state index in [2.05, 4.69) is 26.1 Å². The minimum absolute atomic E-state index is 0.259. The van der Waals surface area contributed by atoms with Crippen LogP contribution in [0.1, 0.15) is 63.2 Å². The number of carboxylic acids is 1. The van der Waals surface area contributed by atoms with Crippen LogP contribution in [0.25, 0.3) is 0 Å². The molecule has 0 aromatic heterocycles. The standard InChI is InChI=1S/C12H25N.C7H7NO2/c1-10(2)9-13-11(3)12-7-5-4-6-8-12;8-6-3-1-5(2-4-6)7(9)10/h10-13H,4-9H2,1-3H3;1-4H,8H2,(H,9,10). The second kappa shape index (κ2) is 10.3. The van der Waals surface area contributed by atoms with Crippen molar-refractivity contribution < 1.29 is 9.90 Å². The molecule has 23 heavy (non-hydrogen) atoms. The highest BCUT2D eigenvalue weighted by Gasteiger charge is 2.19. The monoisotopic (exact) mass is 320 g/mol. The maximum absolute atomic E-state index is 10.3. The number of nitrogen functional groups attached to an aromatic ring is 1. The number of aromatic carboxylic acids is 1. The highest BCUT2D eigenvalue weighted by atomic mass is 16.4. The van der Waals surface area contributed by atoms with Crippen molar-refractivity contribution in [3.63, 3.8) is 0 Å². The number of benzene rings is 1. The molecule has 4 nitrogen and oxygen atoms in total. The minimum Gasteiger partial charge on any atom is -0.478 e. The van der Waals surface area contributed by atoms with Crippen LogP contribution in [0.4, 0.5) is 5.69 Å². The molecule has 1 unspecified atom stereocenters. The molecule has 0 saturated heterocycles. The van der Waals surface area contributed by atoms with Gasteiger partial charge in [-0.25, -0.2) is 4.79 Å². The van der Waals surface area contributed by atoms with Gasteiger partial charge in [-0.2, -0.15) is 0 Å². The molecule has 1 saturated carbocycles. The molecular formula is C19H32N2O2. The van der Waals surface area contributed by atoms with Gasteiger partial charge in [0.15, 0.2) is 0 Å². The summed E-state index contributed by atoms with van der Waals surface area (Å²) in [6, 6.07) is 6.80. The second-order valence-electron chi connectivity index (χ2n) is 6.92. The van der Waals surface area contributed by atoms with E-state index in [1.165, 1.54) is 50.8 Å². The zero-order valence-electron chi connectivity index (χ0n) is 14.7. The van der Waals surface area contributed by atoms with Gasteiger partial charge in [-0.05, 0) is 62.4 Å². The van der Waals surface area contributed by atoms with Crippen LogP contribution in [-0.4, -0.2) is 23.7 Å². The van der Waals surface area contributed by atoms with Gasteiger partial charge in [0.2, 0.25) is 0 Å². The maximum atomic E-state index is 10.3. The molecule has 1 fully saturated rings. The highest BCUT2D eigenvalue weighted by Crippen LogP contribution is 2.26. The number of carboxylic acid groups (broad SMARTS) is 1. The number of carbonyl (C=O) groups is 1. The summed E-state index contributed by atoms with van der Waals surface area (Å²) < 4.78 is 0. The third-order valence-electron chi connectivity index (χ3n) is 4.36. The Morgan fingerprint density at radius 2 is 1.74 bits per heavy atom. The third kappa shape index (κ3) is 8.03. The van der Waals surface area contributed by atoms with E-state index in [1.54, 1.807) is 12.1 Å². The number of rotatable bonds is 5. The predicted molar refractivity (Wildman–Crippen MR) is 96.7 cm³/mol. The SMILES string of the molecule is CC(C)CNC(C)C1CCCCC1.Nc1ccc(C(=O)O)cc1. The summed E-state index contributed by atoms with van der Waals surface area (Å²) in [6.07, 6.45) is 7.28. The van der Waals surface area contributed by atoms with Crippen LogP contribution in [0, 0.1) is 11.8 Å². The molecule has 0 aliphatic heterocycles. The van der Waals surface area contributed by atoms with E-state index < -0.39 is 5.97 Å². The van der Waals surface area contributed by atoms with Gasteiger partial charge in [0.05, 0.1) is 5.56 Å². The van der Waals surface area contributed by atoms with Crippen molar-refractivity contribution >= 4 is 11.7 Å². The van der Waals surface area contributed by atoms with Gasteiger partial charge in [0.25, 0.3) is 0 Å². The van der Waals surface area contributed by atoms with E-state index in [-0.39, 0.29) is 5.56 Å². The molecule has 130 valence electrons. The molecule has 1 aliphatic carbocycles. The smallest absolute Gasteiger partial charge is 0.335 e. The van der Waals surface area contributed by atoms with Crippen molar-refractivity contribution in [2.75, 3.05) is 12.3 Å². The Bertz CT molecular complexity index is 451. The van der Waals surface area contributed by atoms with Gasteiger partial charge < -0.3 is 16.2 Å². The van der Waals surface area contributed by atoms with Gasteiger partial charge in [-0.3, -0.25) is 0 Å². The topological polar surface area (TPSA) is 75.3 Å². The summed E-state index contributed by atoms with van der Waals surface area (Å²) in [4.78, 5) is 10.3. The molecule has 0 radical (unpaired) electrons. The minimum atomic E-state index is -0.931. The fourth-order valence-corrected chi connectivity index (χ4v) is 2.85. The number of hydrogen-bond acceptors (Lipinski definition) is 3. The first-order valence-corrected chi connectivity index (χ1v) is 8.72. The van der Waals surface area contributed by atoms with E-state index in [1.807, 2.05) is 0 Å². The lowest BCUT2D eigenvalue weighted by atomic mass is 9.84. The van der Waals surface area contributed by atoms with Crippen molar-refractivity contribution in [1.82, 2.24) is 5.32 Å². The summed E-state index contributed by atoms with van der Waals surface area (Å²) in [6.45, 7) is 8.09. The Morgan fingerprint density at radius 1 is 1.17 bits per heavy atom. The van der Waals surface area contributed by atoms with E-state index in [4.69, 9.17) is 10.8 Å². The molecule has 1 atom stereocenters. The fourth-order valence-electron chi connectivity index (χ4n) is 2.85. The molecule has 0 amide bonds. The average Bonchev–Trinajstić information content (AvgIpc) is 2.54. The first-order valence-electron chi connectivity index (χ1n) is 8.72. The zero-order valence-corrected chi connectivity index (χ0v) is 14.7. The molecule has 1 aromatic rings. The Morgan fingerprint density at radius 3 is 2.22 bits per heavy atom. The second-order valence-corrected chi connectivity index (χ2v) is 6.92. The molecule has 1 aromatic carbocycles. The lowest BCUT2D eigenvalue weighted by molar-refractivity contribution is 0.0697. The van der Waals surface area contributed by atoms with Gasteiger partial charge in [-0.15, -0.1) is 0 Å². The Hall–Kier alpha value is -1.55. The summed E-state index contributed by atoms with van der Waals surface area (Å²) in [7, 11) is 0. The third-order valence-corrected chi connectivity index (χ3v) is 4.36. The van der Waals surface area contributed by atoms with Crippen molar-refractivity contribution in [3.05, 3.63) is 29.8 Å². The average molecular weight is 320 g/mol. The van der Waals surface area contributed by atoms with Crippen LogP contribution in [0.15, 0.2) is 24.3 Å². The number of hydrogen-bond donors (Lipinski definition) is 3. The van der Waals surface area contributed by atoms with Crippen LogP contribution < -0.4 is 11.1 Å². The summed E-state index contributed by atoms with van der Waals surface area (Å²) in [5.74, 6) is 0.804. The highest BCUT2D eigenvalue weighted by molar-refractivity contribution is 5.87. The van der Waals surface area contributed by atoms with E-state index in [0.717, 1.165) is 17.9 Å². The Labute approximate surface area is 140 Å². The van der Waals surface area contributed by atoms with E-state index in [0.29, 0.717) is 5.69 Å². The summed E-state index contributed by atoms with van der Waals surface area (Å²) in [5.41, 5.74) is 6.17. The van der Waals surface area contributed by atoms with Gasteiger partial charge >= 0.3 is 5.97 Å². The molecule has 1 aliphatic rings. The number of nitrogens with one attached hydrogen (secondary N) is 1. The first kappa shape index (κ1) is 19.5. The van der Waals surface area contributed by atoms with Crippen LogP contribution >= 0.6 is 0 Å². The largest absolute Gasteiger partial charge is 0.478 e. The maximum Gasteiger partial charge on any atom is 0.335 e. The molecule has 0 heterocycles. The van der Waals surface area contributed by atoms with Crippen LogP contribution in [0.5, 0.6) is 0 Å². The lowest BCUT2D eigenvalue weighted by Crippen LogP contribution is -2.36. The summed E-state index contributed by atoms with van der Waals surface area (Å²) >= 11 is 0. The Kier molecular flexibility index (Phi) is 8.70. The predicted octanol–water partition coefficient (Wildman–Crippen LogP) is 4.17. The molecule has 4 N–H and O–H groups in total. The zero-order chi connectivity index (χ0) is 17.2. The van der Waals surface area contributed by atoms with Gasteiger partial charge in [0, 0.05) is 11.7 Å². The van der Waals surface area contributed by atoms with Crippen molar-refractivity contribution in [2.24, 2.45) is 11.8 Å². The van der Waals surface area contributed by atoms with Gasteiger partial charge in [-0.1, -0.05) is 33.1 Å². The van der Waals surface area contributed by atoms with Gasteiger partial charge in [0.1, 0.15) is 0 Å². The van der Waals surface area contributed by atoms with Crippen molar-refractivity contribution in [2.45, 2.75) is 58.9 Å². The quantitative estimate of drug-likeness (QED) is 0.712. The first-order chi connectivity index (χ1) is 10.9. The molecule has 0 spiro atoms. The molecular weight excluding hydrogens is 288 g/mol. The van der Waals surface area contributed by atoms with Crippen LogP contribution in [-0.2, 0) is 0 Å². The molecule has 0 bridgehead atoms. The lowest BCUT2D eigenvalue weighted by Gasteiger charge is -2.28. The molecule has 2 rings (SSSR count). The van der Waals surface area contributed by atoms with E-state index >= 15 is 0 Å². The molecule has 4 heteroatoms. The van der Waals surface area contributed by atoms with E-state index in [9.17, 15) is 4.79 Å². The number of nitrogens with two attached hydrogens (primary N) is 1. The number of anilines is 1. The van der Waals surface area contributed by atoms with Crippen LogP contribution in [0.2, 0.25) is 0 Å². The van der Waals surface area contributed by atoms with Crippen molar-refractivity contribution in [1.29, 1.82) is 0 Å². The van der Waals surface area contributed by atoms with Crippen molar-refractivity contribution in [3.8, 4) is 0 Å². The normalized spacial score (nSPS) is 16.5. The van der Waals surface area contributed by atoms with Crippen LogP contribution in [0.3, 0.4) is 0 Å². The fraction of sp³-hybridized carbons (Fsp3) is 0.632. The Balaban J connectivity index is 0.000000238. The summed E-state index contributed by atoms with van der Waals surface area (Å²) in [5, 5.41) is 12.1.